The van der Waals surface area contributed by atoms with Gasteiger partial charge in [-0.1, -0.05) is 6.07 Å². The van der Waals surface area contributed by atoms with E-state index in [0.717, 1.165) is 18.3 Å². The van der Waals surface area contributed by atoms with Gasteiger partial charge in [-0.25, -0.2) is 27.3 Å². The molecule has 0 spiro atoms. The molecule has 0 aliphatic carbocycles. The van der Waals surface area contributed by atoms with E-state index in [1.54, 1.807) is 0 Å². The number of carbonyl (C=O) groups excluding carboxylic acids is 1. The Morgan fingerprint density at radius 2 is 1.74 bits per heavy atom. The highest BCUT2D eigenvalue weighted by molar-refractivity contribution is 6.04. The van der Waals surface area contributed by atoms with Crippen molar-refractivity contribution in [3.8, 4) is 11.6 Å². The first-order valence-electron chi connectivity index (χ1n) is 8.58. The maximum absolute atomic E-state index is 14.1. The Hall–Kier alpha value is -4.15. The van der Waals surface area contributed by atoms with Crippen molar-refractivity contribution < 1.29 is 37.0 Å². The molecule has 0 atom stereocenters. The van der Waals surface area contributed by atoms with Gasteiger partial charge in [0.1, 0.15) is 0 Å². The Bertz CT molecular complexity index is 1140. The van der Waals surface area contributed by atoms with Gasteiger partial charge in [0.15, 0.2) is 29.0 Å². The number of carbonyl (C=O) groups is 2. The minimum absolute atomic E-state index is 0.0349. The van der Waals surface area contributed by atoms with Crippen LogP contribution in [0.2, 0.25) is 0 Å². The molecule has 0 radical (unpaired) electrons. The summed E-state index contributed by atoms with van der Waals surface area (Å²) in [6, 6.07) is 7.87. The third-order valence-electron chi connectivity index (χ3n) is 3.93. The van der Waals surface area contributed by atoms with E-state index in [-0.39, 0.29) is 23.9 Å². The van der Waals surface area contributed by atoms with Crippen LogP contribution < -0.4 is 15.4 Å². The number of pyridine rings is 1. The molecule has 0 saturated carbocycles. The van der Waals surface area contributed by atoms with Gasteiger partial charge in [-0.2, -0.15) is 0 Å². The molecular weight excluding hydrogens is 422 g/mol. The van der Waals surface area contributed by atoms with Crippen molar-refractivity contribution in [1.82, 2.24) is 10.3 Å². The van der Waals surface area contributed by atoms with Crippen LogP contribution in [0.5, 0.6) is 11.6 Å². The molecule has 2 aromatic carbocycles. The zero-order chi connectivity index (χ0) is 22.5. The third kappa shape index (κ3) is 5.26. The van der Waals surface area contributed by atoms with Crippen molar-refractivity contribution in [3.63, 3.8) is 0 Å². The fourth-order valence-electron chi connectivity index (χ4n) is 2.44. The standard InChI is InChI=1S/C20H13F4N3O4/c21-13-4-3-12(17(23)18(13)24)19(28)27-11-2-6-16(25-9-11)31-15-5-1-10(7-14(15)22)8-26-20(29)30/h1-7,9,26H,8H2,(H,27,28)(H,29,30). The van der Waals surface area contributed by atoms with E-state index in [9.17, 15) is 27.2 Å². The topological polar surface area (TPSA) is 101 Å². The Morgan fingerprint density at radius 3 is 2.39 bits per heavy atom. The molecule has 160 valence electrons. The summed E-state index contributed by atoms with van der Waals surface area (Å²) in [5.41, 5.74) is -0.224. The maximum Gasteiger partial charge on any atom is 0.404 e. The molecule has 0 unspecified atom stereocenters. The average Bonchev–Trinajstić information content (AvgIpc) is 2.73. The minimum Gasteiger partial charge on any atom is -0.465 e. The summed E-state index contributed by atoms with van der Waals surface area (Å²) in [7, 11) is 0. The summed E-state index contributed by atoms with van der Waals surface area (Å²) in [5.74, 6) is -6.79. The van der Waals surface area contributed by atoms with Gasteiger partial charge in [-0.3, -0.25) is 4.79 Å². The van der Waals surface area contributed by atoms with Crippen LogP contribution in [0, 0.1) is 23.3 Å². The van der Waals surface area contributed by atoms with Gasteiger partial charge in [0, 0.05) is 12.6 Å². The van der Waals surface area contributed by atoms with Crippen LogP contribution in [0.25, 0.3) is 0 Å². The number of amides is 2. The van der Waals surface area contributed by atoms with E-state index in [0.29, 0.717) is 11.6 Å². The molecular formula is C20H13F4N3O4. The third-order valence-corrected chi connectivity index (χ3v) is 3.93. The smallest absolute Gasteiger partial charge is 0.404 e. The summed E-state index contributed by atoms with van der Waals surface area (Å²) in [6.45, 7) is -0.0856. The quantitative estimate of drug-likeness (QED) is 0.392. The number of rotatable bonds is 6. The number of ether oxygens (including phenoxy) is 1. The fraction of sp³-hybridized carbons (Fsp3) is 0.0500. The molecule has 11 heteroatoms. The number of hydrogen-bond acceptors (Lipinski definition) is 4. The van der Waals surface area contributed by atoms with E-state index in [1.807, 2.05) is 0 Å². The van der Waals surface area contributed by atoms with E-state index in [1.165, 1.54) is 24.3 Å². The predicted molar refractivity (Wildman–Crippen MR) is 99.8 cm³/mol. The lowest BCUT2D eigenvalue weighted by molar-refractivity contribution is 0.102. The fourth-order valence-corrected chi connectivity index (χ4v) is 2.44. The summed E-state index contributed by atoms with van der Waals surface area (Å²) in [4.78, 5) is 26.4. The first kappa shape index (κ1) is 21.6. The van der Waals surface area contributed by atoms with E-state index >= 15 is 0 Å². The van der Waals surface area contributed by atoms with Crippen molar-refractivity contribution >= 4 is 17.7 Å². The van der Waals surface area contributed by atoms with Gasteiger partial charge in [0.2, 0.25) is 5.88 Å². The molecule has 0 fully saturated rings. The molecule has 1 aromatic heterocycles. The number of carboxylic acid groups (broad SMARTS) is 1. The molecule has 3 rings (SSSR count). The number of nitrogens with one attached hydrogen (secondary N) is 2. The normalized spacial score (nSPS) is 10.5. The van der Waals surface area contributed by atoms with Crippen molar-refractivity contribution in [3.05, 3.63) is 83.1 Å². The molecule has 1 heterocycles. The van der Waals surface area contributed by atoms with Gasteiger partial charge < -0.3 is 20.5 Å². The highest BCUT2D eigenvalue weighted by Crippen LogP contribution is 2.25. The number of anilines is 1. The molecule has 7 nitrogen and oxygen atoms in total. The predicted octanol–water partition coefficient (Wildman–Crippen LogP) is 4.45. The summed E-state index contributed by atoms with van der Waals surface area (Å²) >= 11 is 0. The molecule has 0 saturated heterocycles. The van der Waals surface area contributed by atoms with E-state index in [2.05, 4.69) is 15.6 Å². The van der Waals surface area contributed by atoms with Crippen LogP contribution in [0.3, 0.4) is 0 Å². The van der Waals surface area contributed by atoms with E-state index < -0.39 is 40.8 Å². The molecule has 2 amide bonds. The van der Waals surface area contributed by atoms with Crippen LogP contribution >= 0.6 is 0 Å². The van der Waals surface area contributed by atoms with Gasteiger partial charge in [0.05, 0.1) is 17.4 Å². The van der Waals surface area contributed by atoms with Gasteiger partial charge in [-0.15, -0.1) is 0 Å². The van der Waals surface area contributed by atoms with Crippen LogP contribution in [0.1, 0.15) is 15.9 Å². The first-order valence-corrected chi connectivity index (χ1v) is 8.58. The Kier molecular flexibility index (Phi) is 6.34. The lowest BCUT2D eigenvalue weighted by Crippen LogP contribution is -2.19. The van der Waals surface area contributed by atoms with E-state index in [4.69, 9.17) is 9.84 Å². The molecule has 31 heavy (non-hydrogen) atoms. The van der Waals surface area contributed by atoms with Crippen molar-refractivity contribution in [1.29, 1.82) is 0 Å². The number of halogens is 4. The zero-order valence-corrected chi connectivity index (χ0v) is 15.5. The highest BCUT2D eigenvalue weighted by atomic mass is 19.2. The average molecular weight is 435 g/mol. The lowest BCUT2D eigenvalue weighted by atomic mass is 10.2. The first-order chi connectivity index (χ1) is 14.7. The Balaban J connectivity index is 1.66. The van der Waals surface area contributed by atoms with Crippen LogP contribution in [0.4, 0.5) is 28.0 Å². The molecule has 0 bridgehead atoms. The molecule has 0 aliphatic heterocycles. The Morgan fingerprint density at radius 1 is 0.968 bits per heavy atom. The largest absolute Gasteiger partial charge is 0.465 e. The second-order valence-corrected chi connectivity index (χ2v) is 6.09. The summed E-state index contributed by atoms with van der Waals surface area (Å²) < 4.78 is 59.3. The number of aromatic nitrogens is 1. The maximum atomic E-state index is 14.1. The van der Waals surface area contributed by atoms with Crippen molar-refractivity contribution in [2.24, 2.45) is 0 Å². The van der Waals surface area contributed by atoms with Gasteiger partial charge in [0.25, 0.3) is 5.91 Å². The van der Waals surface area contributed by atoms with Crippen molar-refractivity contribution in [2.75, 3.05) is 5.32 Å². The van der Waals surface area contributed by atoms with Gasteiger partial charge >= 0.3 is 6.09 Å². The van der Waals surface area contributed by atoms with Crippen LogP contribution in [-0.2, 0) is 6.54 Å². The van der Waals surface area contributed by atoms with Gasteiger partial charge in [-0.05, 0) is 35.9 Å². The SMILES string of the molecule is O=C(O)NCc1ccc(Oc2ccc(NC(=O)c3ccc(F)c(F)c3F)cn2)c(F)c1. The molecule has 3 N–H and O–H groups in total. The zero-order valence-electron chi connectivity index (χ0n) is 15.5. The second kappa shape index (κ2) is 9.11. The molecule has 0 aliphatic rings. The Labute approximate surface area is 172 Å². The summed E-state index contributed by atoms with van der Waals surface area (Å²) in [5, 5.41) is 12.9. The summed E-state index contributed by atoms with van der Waals surface area (Å²) in [6.07, 6.45) is -0.113. The minimum atomic E-state index is -1.76. The van der Waals surface area contributed by atoms with Crippen LogP contribution in [-0.4, -0.2) is 22.1 Å². The second-order valence-electron chi connectivity index (χ2n) is 6.09. The highest BCUT2D eigenvalue weighted by Gasteiger charge is 2.19. The number of benzene rings is 2. The lowest BCUT2D eigenvalue weighted by Gasteiger charge is -2.09. The molecule has 3 aromatic rings. The number of hydrogen-bond donors (Lipinski definition) is 3. The number of nitrogens with zero attached hydrogens (tertiary/aromatic N) is 1. The monoisotopic (exact) mass is 435 g/mol. The van der Waals surface area contributed by atoms with Crippen molar-refractivity contribution in [2.45, 2.75) is 6.54 Å². The van der Waals surface area contributed by atoms with Crippen LogP contribution in [0.15, 0.2) is 48.7 Å².